The first-order valence-electron chi connectivity index (χ1n) is 9.46. The van der Waals surface area contributed by atoms with Gasteiger partial charge >= 0.3 is 6.09 Å². The van der Waals surface area contributed by atoms with Crippen LogP contribution in [0, 0.1) is 5.82 Å². The summed E-state index contributed by atoms with van der Waals surface area (Å²) in [5.41, 5.74) is 0.256. The molecule has 3 heterocycles. The van der Waals surface area contributed by atoms with Gasteiger partial charge in [0.25, 0.3) is 0 Å². The molecule has 2 aromatic heterocycles. The summed E-state index contributed by atoms with van der Waals surface area (Å²) >= 11 is 0. The highest BCUT2D eigenvalue weighted by molar-refractivity contribution is 5.67. The van der Waals surface area contributed by atoms with Crippen LogP contribution in [-0.4, -0.2) is 46.5 Å². The second kappa shape index (κ2) is 8.45. The first-order chi connectivity index (χ1) is 13.3. The third-order valence-corrected chi connectivity index (χ3v) is 4.38. The maximum absolute atomic E-state index is 13.9. The van der Waals surface area contributed by atoms with Crippen molar-refractivity contribution >= 4 is 17.7 Å². The van der Waals surface area contributed by atoms with Crippen molar-refractivity contribution in [2.24, 2.45) is 0 Å². The van der Waals surface area contributed by atoms with Gasteiger partial charge in [0, 0.05) is 31.3 Å². The van der Waals surface area contributed by atoms with E-state index < -0.39 is 11.7 Å². The zero-order chi connectivity index (χ0) is 20.1. The normalized spacial score (nSPS) is 16.9. The van der Waals surface area contributed by atoms with Gasteiger partial charge in [-0.25, -0.2) is 14.2 Å². The van der Waals surface area contributed by atoms with Crippen LogP contribution in [0.2, 0.25) is 0 Å². The molecule has 0 aromatic carbocycles. The van der Waals surface area contributed by atoms with Crippen molar-refractivity contribution in [3.05, 3.63) is 35.9 Å². The summed E-state index contributed by atoms with van der Waals surface area (Å²) in [6, 6.07) is 3.43. The fraction of sp³-hybridized carbons (Fsp3) is 0.526. The molecule has 0 radical (unpaired) electrons. The van der Waals surface area contributed by atoms with Crippen LogP contribution < -0.4 is 15.5 Å². The Balaban J connectivity index is 1.64. The number of ether oxygens (including phenoxy) is 1. The molecular weight excluding hydrogens is 363 g/mol. The Kier molecular flexibility index (Phi) is 6.01. The highest BCUT2D eigenvalue weighted by atomic mass is 19.1. The Hall–Kier alpha value is -2.84. The number of anilines is 2. The Bertz CT molecular complexity index is 790. The molecule has 2 aromatic rings. The van der Waals surface area contributed by atoms with Crippen LogP contribution in [0.4, 0.5) is 20.8 Å². The molecule has 28 heavy (non-hydrogen) atoms. The van der Waals surface area contributed by atoms with Crippen LogP contribution in [-0.2, 0) is 4.74 Å². The standard InChI is InChI=1S/C19H27FN6O2/c1-19(2,3)28-18(27)22-9-8-21-17-14(11-13(20)12-23-17)15-5-4-10-26(15)16-6-7-24-25-16/h6-7,11-12,15H,4-5,8-10H2,1-3H3,(H,21,23)(H,22,27)(H,24,25)/t15-/m1/s1. The van der Waals surface area contributed by atoms with Crippen molar-refractivity contribution in [1.82, 2.24) is 20.5 Å². The predicted octanol–water partition coefficient (Wildman–Crippen LogP) is 3.22. The van der Waals surface area contributed by atoms with Crippen molar-refractivity contribution in [1.29, 1.82) is 0 Å². The molecule has 1 fully saturated rings. The van der Waals surface area contributed by atoms with E-state index in [0.29, 0.717) is 18.9 Å². The highest BCUT2D eigenvalue weighted by Crippen LogP contribution is 2.37. The molecule has 0 aliphatic carbocycles. The number of halogens is 1. The quantitative estimate of drug-likeness (QED) is 0.656. The van der Waals surface area contributed by atoms with Gasteiger partial charge in [-0.2, -0.15) is 5.10 Å². The number of nitrogens with one attached hydrogen (secondary N) is 3. The number of carbonyl (C=O) groups is 1. The Morgan fingerprint density at radius 1 is 1.43 bits per heavy atom. The second-order valence-electron chi connectivity index (χ2n) is 7.74. The third-order valence-electron chi connectivity index (χ3n) is 4.38. The van der Waals surface area contributed by atoms with E-state index in [1.54, 1.807) is 6.20 Å². The number of hydrogen-bond donors (Lipinski definition) is 3. The summed E-state index contributed by atoms with van der Waals surface area (Å²) in [7, 11) is 0. The van der Waals surface area contributed by atoms with E-state index >= 15 is 0 Å². The van der Waals surface area contributed by atoms with Crippen LogP contribution in [0.15, 0.2) is 24.5 Å². The first kappa shape index (κ1) is 19.9. The number of nitrogens with zero attached hydrogens (tertiary/aromatic N) is 3. The molecule has 152 valence electrons. The fourth-order valence-electron chi connectivity index (χ4n) is 3.30. The van der Waals surface area contributed by atoms with E-state index in [9.17, 15) is 9.18 Å². The predicted molar refractivity (Wildman–Crippen MR) is 105 cm³/mol. The second-order valence-corrected chi connectivity index (χ2v) is 7.74. The minimum absolute atomic E-state index is 0.00460. The molecule has 0 spiro atoms. The van der Waals surface area contributed by atoms with E-state index in [4.69, 9.17) is 4.74 Å². The summed E-state index contributed by atoms with van der Waals surface area (Å²) in [6.07, 6.45) is 4.33. The Morgan fingerprint density at radius 3 is 2.96 bits per heavy atom. The molecule has 9 heteroatoms. The van der Waals surface area contributed by atoms with Crippen LogP contribution in [0.25, 0.3) is 0 Å². The molecule has 1 aliphatic rings. The van der Waals surface area contributed by atoms with Crippen molar-refractivity contribution in [2.75, 3.05) is 29.9 Å². The van der Waals surface area contributed by atoms with Crippen LogP contribution in [0.5, 0.6) is 0 Å². The molecule has 1 saturated heterocycles. The molecule has 0 bridgehead atoms. The zero-order valence-corrected chi connectivity index (χ0v) is 16.5. The smallest absolute Gasteiger partial charge is 0.407 e. The van der Waals surface area contributed by atoms with Crippen molar-refractivity contribution in [3.63, 3.8) is 0 Å². The molecule has 8 nitrogen and oxygen atoms in total. The monoisotopic (exact) mass is 390 g/mol. The maximum atomic E-state index is 13.9. The Labute approximate surface area is 163 Å². The van der Waals surface area contributed by atoms with Crippen molar-refractivity contribution in [3.8, 4) is 0 Å². The van der Waals surface area contributed by atoms with Gasteiger partial charge in [0.2, 0.25) is 0 Å². The van der Waals surface area contributed by atoms with Gasteiger partial charge in [0.1, 0.15) is 23.1 Å². The lowest BCUT2D eigenvalue weighted by Gasteiger charge is -2.27. The molecule has 0 unspecified atom stereocenters. The number of amides is 1. The molecule has 0 saturated carbocycles. The maximum Gasteiger partial charge on any atom is 0.407 e. The minimum Gasteiger partial charge on any atom is -0.444 e. The fourth-order valence-corrected chi connectivity index (χ4v) is 3.30. The van der Waals surface area contributed by atoms with E-state index in [-0.39, 0.29) is 11.9 Å². The van der Waals surface area contributed by atoms with Gasteiger partial charge in [-0.05, 0) is 39.7 Å². The number of pyridine rings is 1. The summed E-state index contributed by atoms with van der Waals surface area (Å²) in [5, 5.41) is 12.9. The van der Waals surface area contributed by atoms with E-state index in [1.165, 1.54) is 12.3 Å². The summed E-state index contributed by atoms with van der Waals surface area (Å²) in [6.45, 7) is 7.11. The van der Waals surface area contributed by atoms with Gasteiger partial charge in [0.15, 0.2) is 0 Å². The largest absolute Gasteiger partial charge is 0.444 e. The molecule has 1 aliphatic heterocycles. The lowest BCUT2D eigenvalue weighted by atomic mass is 10.1. The number of H-pyrrole nitrogens is 1. The third kappa shape index (κ3) is 5.11. The van der Waals surface area contributed by atoms with Crippen molar-refractivity contribution < 1.29 is 13.9 Å². The zero-order valence-electron chi connectivity index (χ0n) is 16.5. The van der Waals surface area contributed by atoms with Crippen molar-refractivity contribution in [2.45, 2.75) is 45.3 Å². The SMILES string of the molecule is CC(C)(C)OC(=O)NCCNc1ncc(F)cc1[C@H]1CCCN1c1ccn[nH]1. The highest BCUT2D eigenvalue weighted by Gasteiger charge is 2.29. The van der Waals surface area contributed by atoms with E-state index in [2.05, 4.69) is 30.7 Å². The van der Waals surface area contributed by atoms with Gasteiger partial charge in [-0.1, -0.05) is 0 Å². The summed E-state index contributed by atoms with van der Waals surface area (Å²) in [5.74, 6) is 1.15. The van der Waals surface area contributed by atoms with E-state index in [1.807, 2.05) is 26.8 Å². The number of alkyl carbamates (subject to hydrolysis) is 1. The lowest BCUT2D eigenvalue weighted by Crippen LogP contribution is -2.35. The van der Waals surface area contributed by atoms with Gasteiger partial charge in [-0.3, -0.25) is 5.10 Å². The topological polar surface area (TPSA) is 95.2 Å². The minimum atomic E-state index is -0.540. The first-order valence-corrected chi connectivity index (χ1v) is 9.46. The van der Waals surface area contributed by atoms with Gasteiger partial charge in [-0.15, -0.1) is 0 Å². The molecule has 3 rings (SSSR count). The number of aromatic amines is 1. The summed E-state index contributed by atoms with van der Waals surface area (Å²) in [4.78, 5) is 18.1. The average Bonchev–Trinajstić information content (AvgIpc) is 3.29. The number of aromatic nitrogens is 3. The van der Waals surface area contributed by atoms with Gasteiger partial charge < -0.3 is 20.3 Å². The van der Waals surface area contributed by atoms with Crippen LogP contribution >= 0.6 is 0 Å². The molecular formula is C19H27FN6O2. The Morgan fingerprint density at radius 2 is 2.25 bits per heavy atom. The van der Waals surface area contributed by atoms with Crippen LogP contribution in [0.1, 0.15) is 45.2 Å². The van der Waals surface area contributed by atoms with Crippen LogP contribution in [0.3, 0.4) is 0 Å². The average molecular weight is 390 g/mol. The summed E-state index contributed by atoms with van der Waals surface area (Å²) < 4.78 is 19.1. The number of rotatable bonds is 6. The molecule has 1 atom stereocenters. The van der Waals surface area contributed by atoms with Gasteiger partial charge in [0.05, 0.1) is 18.4 Å². The molecule has 1 amide bonds. The van der Waals surface area contributed by atoms with E-state index in [0.717, 1.165) is 30.8 Å². The lowest BCUT2D eigenvalue weighted by molar-refractivity contribution is 0.0530. The number of hydrogen-bond acceptors (Lipinski definition) is 6. The molecule has 3 N–H and O–H groups in total. The number of carbonyl (C=O) groups excluding carboxylic acids is 1.